The molecule has 4 rings (SSSR count). The molecule has 1 aromatic carbocycles. The fraction of sp³-hybridized carbons (Fsp3) is 0.381. The number of carbonyl (C=O) groups excluding carboxylic acids is 2. The van der Waals surface area contributed by atoms with Crippen molar-refractivity contribution in [1.82, 2.24) is 15.2 Å². The molecule has 2 amide bonds. The predicted octanol–water partition coefficient (Wildman–Crippen LogP) is 2.67. The number of rotatable bonds is 2. The van der Waals surface area contributed by atoms with Crippen LogP contribution in [0.5, 0.6) is 0 Å². The summed E-state index contributed by atoms with van der Waals surface area (Å²) in [5.74, 6) is 0.0240. The lowest BCUT2D eigenvalue weighted by molar-refractivity contribution is -0.121. The summed E-state index contributed by atoms with van der Waals surface area (Å²) in [4.78, 5) is 31.3. The van der Waals surface area contributed by atoms with Gasteiger partial charge in [0.05, 0.1) is 5.92 Å². The first-order chi connectivity index (χ1) is 12.6. The highest BCUT2D eigenvalue weighted by Crippen LogP contribution is 2.39. The molecule has 2 aromatic rings. The van der Waals surface area contributed by atoms with E-state index in [4.69, 9.17) is 0 Å². The highest BCUT2D eigenvalue weighted by atomic mass is 16.2. The van der Waals surface area contributed by atoms with Gasteiger partial charge in [0, 0.05) is 36.6 Å². The van der Waals surface area contributed by atoms with Crippen LogP contribution in [0.3, 0.4) is 0 Å². The molecule has 0 saturated carbocycles. The second kappa shape index (κ2) is 6.56. The molecule has 3 heterocycles. The zero-order valence-electron chi connectivity index (χ0n) is 14.9. The van der Waals surface area contributed by atoms with Crippen LogP contribution in [0.25, 0.3) is 0 Å². The Hall–Kier alpha value is -2.69. The Kier molecular flexibility index (Phi) is 4.23. The molecule has 0 aliphatic carbocycles. The van der Waals surface area contributed by atoms with Crippen molar-refractivity contribution in [3.05, 3.63) is 65.5 Å². The SMILES string of the molecule is Cc1cccc(C(=O)N2CCC3(CC2)C[C@H](c2cccnc2)C(=O)N3)c1. The topological polar surface area (TPSA) is 62.3 Å². The van der Waals surface area contributed by atoms with E-state index in [9.17, 15) is 9.59 Å². The van der Waals surface area contributed by atoms with Gasteiger partial charge < -0.3 is 10.2 Å². The van der Waals surface area contributed by atoms with Crippen molar-refractivity contribution in [2.75, 3.05) is 13.1 Å². The molecule has 2 saturated heterocycles. The fourth-order valence-electron chi connectivity index (χ4n) is 4.16. The molecule has 134 valence electrons. The minimum Gasteiger partial charge on any atom is -0.350 e. The molecule has 2 fully saturated rings. The zero-order valence-corrected chi connectivity index (χ0v) is 14.9. The van der Waals surface area contributed by atoms with Crippen LogP contribution in [0, 0.1) is 6.92 Å². The Labute approximate surface area is 153 Å². The lowest BCUT2D eigenvalue weighted by Gasteiger charge is -2.39. The van der Waals surface area contributed by atoms with Crippen LogP contribution in [0.15, 0.2) is 48.8 Å². The van der Waals surface area contributed by atoms with Gasteiger partial charge in [-0.2, -0.15) is 0 Å². The maximum atomic E-state index is 12.7. The first-order valence-corrected chi connectivity index (χ1v) is 9.14. The summed E-state index contributed by atoms with van der Waals surface area (Å²) in [5.41, 5.74) is 2.61. The van der Waals surface area contributed by atoms with Gasteiger partial charge in [-0.25, -0.2) is 0 Å². The van der Waals surface area contributed by atoms with Gasteiger partial charge in [0.25, 0.3) is 5.91 Å². The number of nitrogens with one attached hydrogen (secondary N) is 1. The third kappa shape index (κ3) is 3.09. The van der Waals surface area contributed by atoms with Gasteiger partial charge in [-0.1, -0.05) is 23.8 Å². The molecular weight excluding hydrogens is 326 g/mol. The number of nitrogens with zero attached hydrogens (tertiary/aromatic N) is 2. The van der Waals surface area contributed by atoms with Crippen LogP contribution in [0.2, 0.25) is 0 Å². The number of aromatic nitrogens is 1. The Morgan fingerprint density at radius 2 is 2.04 bits per heavy atom. The number of benzene rings is 1. The third-order valence-corrected chi connectivity index (χ3v) is 5.66. The number of pyridine rings is 1. The average molecular weight is 349 g/mol. The van der Waals surface area contributed by atoms with Crippen LogP contribution in [-0.2, 0) is 4.79 Å². The van der Waals surface area contributed by atoms with E-state index in [0.29, 0.717) is 13.1 Å². The first-order valence-electron chi connectivity index (χ1n) is 9.14. The van der Waals surface area contributed by atoms with E-state index in [1.165, 1.54) is 0 Å². The smallest absolute Gasteiger partial charge is 0.253 e. The summed E-state index contributed by atoms with van der Waals surface area (Å²) < 4.78 is 0. The van der Waals surface area contributed by atoms with Gasteiger partial charge >= 0.3 is 0 Å². The summed E-state index contributed by atoms with van der Waals surface area (Å²) in [6.07, 6.45) is 5.88. The van der Waals surface area contributed by atoms with Gasteiger partial charge in [0.2, 0.25) is 5.91 Å². The first kappa shape index (κ1) is 16.8. The zero-order chi connectivity index (χ0) is 18.1. The molecule has 1 spiro atoms. The third-order valence-electron chi connectivity index (χ3n) is 5.66. The minimum absolute atomic E-state index is 0.0801. The molecule has 2 aliphatic heterocycles. The Bertz CT molecular complexity index is 826. The monoisotopic (exact) mass is 349 g/mol. The van der Waals surface area contributed by atoms with E-state index in [1.54, 1.807) is 12.4 Å². The summed E-state index contributed by atoms with van der Waals surface area (Å²) in [5, 5.41) is 3.22. The van der Waals surface area contributed by atoms with Crippen molar-refractivity contribution in [1.29, 1.82) is 0 Å². The van der Waals surface area contributed by atoms with Crippen molar-refractivity contribution >= 4 is 11.8 Å². The fourth-order valence-corrected chi connectivity index (χ4v) is 4.16. The van der Waals surface area contributed by atoms with Gasteiger partial charge in [-0.05, 0) is 49.9 Å². The van der Waals surface area contributed by atoms with Crippen LogP contribution < -0.4 is 5.32 Å². The normalized spacial score (nSPS) is 21.7. The van der Waals surface area contributed by atoms with Crippen LogP contribution in [0.4, 0.5) is 0 Å². The molecule has 0 unspecified atom stereocenters. The quantitative estimate of drug-likeness (QED) is 0.907. The highest BCUT2D eigenvalue weighted by molar-refractivity contribution is 5.94. The van der Waals surface area contributed by atoms with E-state index in [1.807, 2.05) is 48.2 Å². The number of piperidine rings is 1. The molecule has 1 aromatic heterocycles. The number of hydrogen-bond donors (Lipinski definition) is 1. The lowest BCUT2D eigenvalue weighted by Crippen LogP contribution is -2.52. The minimum atomic E-state index is -0.193. The van der Waals surface area contributed by atoms with E-state index in [-0.39, 0.29) is 23.3 Å². The predicted molar refractivity (Wildman–Crippen MR) is 98.8 cm³/mol. The van der Waals surface area contributed by atoms with Gasteiger partial charge in [-0.3, -0.25) is 14.6 Å². The van der Waals surface area contributed by atoms with Gasteiger partial charge in [0.1, 0.15) is 0 Å². The summed E-state index contributed by atoms with van der Waals surface area (Å²) in [6.45, 7) is 3.34. The summed E-state index contributed by atoms with van der Waals surface area (Å²) in [6, 6.07) is 11.6. The molecular formula is C21H23N3O2. The van der Waals surface area contributed by atoms with E-state index < -0.39 is 0 Å². The second-order valence-electron chi connectivity index (χ2n) is 7.47. The highest BCUT2D eigenvalue weighted by Gasteiger charge is 2.46. The summed E-state index contributed by atoms with van der Waals surface area (Å²) in [7, 11) is 0. The van der Waals surface area contributed by atoms with Crippen molar-refractivity contribution < 1.29 is 9.59 Å². The Balaban J connectivity index is 1.43. The van der Waals surface area contributed by atoms with Gasteiger partial charge in [-0.15, -0.1) is 0 Å². The summed E-state index contributed by atoms with van der Waals surface area (Å²) >= 11 is 0. The van der Waals surface area contributed by atoms with Crippen LogP contribution >= 0.6 is 0 Å². The van der Waals surface area contributed by atoms with E-state index >= 15 is 0 Å². The number of aryl methyl sites for hydroxylation is 1. The number of hydrogen-bond acceptors (Lipinski definition) is 3. The molecule has 0 bridgehead atoms. The van der Waals surface area contributed by atoms with E-state index in [2.05, 4.69) is 10.3 Å². The van der Waals surface area contributed by atoms with Crippen molar-refractivity contribution in [2.45, 2.75) is 37.6 Å². The van der Waals surface area contributed by atoms with E-state index in [0.717, 1.165) is 36.0 Å². The maximum absolute atomic E-state index is 12.7. The molecule has 2 aliphatic rings. The molecule has 5 heteroatoms. The molecule has 1 atom stereocenters. The lowest BCUT2D eigenvalue weighted by atomic mass is 9.82. The number of likely N-dealkylation sites (tertiary alicyclic amines) is 1. The maximum Gasteiger partial charge on any atom is 0.253 e. The van der Waals surface area contributed by atoms with Crippen molar-refractivity contribution in [2.24, 2.45) is 0 Å². The standard InChI is InChI=1S/C21H23N3O2/c1-15-4-2-5-16(12-15)20(26)24-10-7-21(8-11-24)13-18(19(25)23-21)17-6-3-9-22-14-17/h2-6,9,12,14,18H,7-8,10-11,13H2,1H3,(H,23,25)/t18-/m1/s1. The molecule has 26 heavy (non-hydrogen) atoms. The molecule has 5 nitrogen and oxygen atoms in total. The second-order valence-corrected chi connectivity index (χ2v) is 7.47. The Morgan fingerprint density at radius 3 is 2.73 bits per heavy atom. The molecule has 1 N–H and O–H groups in total. The largest absolute Gasteiger partial charge is 0.350 e. The van der Waals surface area contributed by atoms with Crippen LogP contribution in [-0.4, -0.2) is 40.3 Å². The average Bonchev–Trinajstić information content (AvgIpc) is 2.98. The van der Waals surface area contributed by atoms with Crippen LogP contribution in [0.1, 0.15) is 46.7 Å². The van der Waals surface area contributed by atoms with Crippen molar-refractivity contribution in [3.8, 4) is 0 Å². The van der Waals surface area contributed by atoms with Crippen molar-refractivity contribution in [3.63, 3.8) is 0 Å². The Morgan fingerprint density at radius 1 is 1.23 bits per heavy atom. The number of amides is 2. The van der Waals surface area contributed by atoms with Gasteiger partial charge in [0.15, 0.2) is 0 Å². The molecule has 0 radical (unpaired) electrons. The number of carbonyl (C=O) groups is 2.